The van der Waals surface area contributed by atoms with Crippen molar-refractivity contribution in [2.45, 2.75) is 31.7 Å². The first kappa shape index (κ1) is 9.46. The maximum Gasteiger partial charge on any atom is 0.0911 e. The molecule has 2 heterocycles. The van der Waals surface area contributed by atoms with E-state index in [9.17, 15) is 5.11 Å². The average molecular weight is 205 g/mol. The van der Waals surface area contributed by atoms with E-state index in [1.54, 1.807) is 0 Å². The van der Waals surface area contributed by atoms with Crippen molar-refractivity contribution < 1.29 is 5.11 Å². The molecule has 0 amide bonds. The zero-order valence-corrected chi connectivity index (χ0v) is 9.10. The SMILES string of the molecule is OC1=CCN2CCC3CCC=CC3C2C1. The maximum absolute atomic E-state index is 9.65. The summed E-state index contributed by atoms with van der Waals surface area (Å²) >= 11 is 0. The molecule has 0 spiro atoms. The summed E-state index contributed by atoms with van der Waals surface area (Å²) in [5.41, 5.74) is 0. The summed E-state index contributed by atoms with van der Waals surface area (Å²) in [7, 11) is 0. The number of allylic oxidation sites excluding steroid dienone is 1. The van der Waals surface area contributed by atoms with Crippen molar-refractivity contribution in [1.82, 2.24) is 4.90 Å². The zero-order chi connectivity index (χ0) is 10.3. The van der Waals surface area contributed by atoms with E-state index in [0.717, 1.165) is 18.9 Å². The molecule has 1 aliphatic carbocycles. The molecule has 2 heteroatoms. The fraction of sp³-hybridized carbons (Fsp3) is 0.692. The molecule has 3 unspecified atom stereocenters. The lowest BCUT2D eigenvalue weighted by Gasteiger charge is -2.47. The van der Waals surface area contributed by atoms with Gasteiger partial charge in [0.05, 0.1) is 5.76 Å². The van der Waals surface area contributed by atoms with E-state index < -0.39 is 0 Å². The van der Waals surface area contributed by atoms with E-state index in [1.807, 2.05) is 6.08 Å². The highest BCUT2D eigenvalue weighted by atomic mass is 16.3. The summed E-state index contributed by atoms with van der Waals surface area (Å²) in [5.74, 6) is 2.18. The quantitative estimate of drug-likeness (QED) is 0.614. The summed E-state index contributed by atoms with van der Waals surface area (Å²) in [6.07, 6.45) is 11.5. The number of fused-ring (bicyclic) bond motifs is 3. The van der Waals surface area contributed by atoms with Gasteiger partial charge in [-0.1, -0.05) is 12.2 Å². The lowest BCUT2D eigenvalue weighted by molar-refractivity contribution is 0.0578. The van der Waals surface area contributed by atoms with Crippen LogP contribution in [0.15, 0.2) is 24.0 Å². The van der Waals surface area contributed by atoms with Gasteiger partial charge in [-0.2, -0.15) is 0 Å². The van der Waals surface area contributed by atoms with Crippen molar-refractivity contribution in [2.75, 3.05) is 13.1 Å². The molecule has 0 radical (unpaired) electrons. The predicted molar refractivity (Wildman–Crippen MR) is 60.7 cm³/mol. The van der Waals surface area contributed by atoms with Crippen LogP contribution in [0, 0.1) is 11.8 Å². The lowest BCUT2D eigenvalue weighted by Crippen LogP contribution is -2.50. The Morgan fingerprint density at radius 2 is 2.27 bits per heavy atom. The van der Waals surface area contributed by atoms with Crippen molar-refractivity contribution >= 4 is 0 Å². The minimum Gasteiger partial charge on any atom is -0.513 e. The third kappa shape index (κ3) is 1.61. The lowest BCUT2D eigenvalue weighted by atomic mass is 9.72. The van der Waals surface area contributed by atoms with Crippen LogP contribution in [-0.4, -0.2) is 29.1 Å². The smallest absolute Gasteiger partial charge is 0.0911 e. The zero-order valence-electron chi connectivity index (χ0n) is 9.10. The highest BCUT2D eigenvalue weighted by Gasteiger charge is 2.38. The number of hydrogen-bond acceptors (Lipinski definition) is 2. The Morgan fingerprint density at radius 3 is 3.20 bits per heavy atom. The number of hydrogen-bond donors (Lipinski definition) is 1. The van der Waals surface area contributed by atoms with Gasteiger partial charge in [0, 0.05) is 19.0 Å². The van der Waals surface area contributed by atoms with E-state index in [-0.39, 0.29) is 0 Å². The Balaban J connectivity index is 1.85. The van der Waals surface area contributed by atoms with E-state index in [0.29, 0.717) is 17.7 Å². The number of nitrogens with zero attached hydrogens (tertiary/aromatic N) is 1. The molecule has 2 aliphatic heterocycles. The number of aliphatic hydroxyl groups is 1. The van der Waals surface area contributed by atoms with E-state index >= 15 is 0 Å². The fourth-order valence-corrected chi connectivity index (χ4v) is 3.45. The number of rotatable bonds is 0. The second-order valence-electron chi connectivity index (χ2n) is 5.09. The third-order valence-electron chi connectivity index (χ3n) is 4.29. The molecule has 15 heavy (non-hydrogen) atoms. The molecule has 0 aromatic rings. The molecule has 0 bridgehead atoms. The van der Waals surface area contributed by atoms with Crippen LogP contribution in [0.3, 0.4) is 0 Å². The first-order valence-corrected chi connectivity index (χ1v) is 6.13. The molecule has 0 aromatic heterocycles. The summed E-state index contributed by atoms with van der Waals surface area (Å²) in [4.78, 5) is 2.54. The Morgan fingerprint density at radius 1 is 1.33 bits per heavy atom. The molecule has 1 saturated heterocycles. The van der Waals surface area contributed by atoms with Crippen LogP contribution in [-0.2, 0) is 0 Å². The molecule has 3 atom stereocenters. The van der Waals surface area contributed by atoms with Crippen molar-refractivity contribution in [3.8, 4) is 0 Å². The topological polar surface area (TPSA) is 23.5 Å². The summed E-state index contributed by atoms with van der Waals surface area (Å²) in [6.45, 7) is 2.18. The monoisotopic (exact) mass is 205 g/mol. The largest absolute Gasteiger partial charge is 0.513 e. The van der Waals surface area contributed by atoms with Gasteiger partial charge < -0.3 is 5.11 Å². The van der Waals surface area contributed by atoms with E-state index in [4.69, 9.17) is 0 Å². The minimum absolute atomic E-state index is 0.574. The minimum atomic E-state index is 0.574. The second-order valence-corrected chi connectivity index (χ2v) is 5.09. The van der Waals surface area contributed by atoms with Gasteiger partial charge in [0.2, 0.25) is 0 Å². The summed E-state index contributed by atoms with van der Waals surface area (Å²) in [6, 6.07) is 0.574. The van der Waals surface area contributed by atoms with Crippen molar-refractivity contribution in [1.29, 1.82) is 0 Å². The normalized spacial score (nSPS) is 40.5. The third-order valence-corrected chi connectivity index (χ3v) is 4.29. The van der Waals surface area contributed by atoms with Crippen LogP contribution in [0.2, 0.25) is 0 Å². The predicted octanol–water partition coefficient (Wildman–Crippen LogP) is 2.49. The molecule has 82 valence electrons. The Labute approximate surface area is 91.3 Å². The van der Waals surface area contributed by atoms with Gasteiger partial charge in [0.25, 0.3) is 0 Å². The first-order valence-electron chi connectivity index (χ1n) is 6.13. The summed E-state index contributed by atoms with van der Waals surface area (Å²) < 4.78 is 0. The van der Waals surface area contributed by atoms with Gasteiger partial charge in [0.15, 0.2) is 0 Å². The van der Waals surface area contributed by atoms with Crippen LogP contribution >= 0.6 is 0 Å². The van der Waals surface area contributed by atoms with Crippen LogP contribution in [0.4, 0.5) is 0 Å². The van der Waals surface area contributed by atoms with Gasteiger partial charge in [0.1, 0.15) is 0 Å². The molecule has 0 saturated carbocycles. The maximum atomic E-state index is 9.65. The number of piperidine rings is 1. The van der Waals surface area contributed by atoms with Gasteiger partial charge in [-0.05, 0) is 43.7 Å². The van der Waals surface area contributed by atoms with Crippen LogP contribution in [0.5, 0.6) is 0 Å². The molecule has 2 nitrogen and oxygen atoms in total. The number of aliphatic hydroxyl groups excluding tert-OH is 1. The molecular formula is C13H19NO. The van der Waals surface area contributed by atoms with Gasteiger partial charge >= 0.3 is 0 Å². The standard InChI is InChI=1S/C13H19NO/c15-11-6-8-14-7-5-10-3-1-2-4-12(10)13(14)9-11/h2,4,6,10,12-13,15H,1,3,5,7-9H2. The average Bonchev–Trinajstić information content (AvgIpc) is 2.29. The van der Waals surface area contributed by atoms with E-state index in [2.05, 4.69) is 17.1 Å². The second kappa shape index (κ2) is 3.67. The van der Waals surface area contributed by atoms with Crippen LogP contribution < -0.4 is 0 Å². The van der Waals surface area contributed by atoms with Gasteiger partial charge in [-0.25, -0.2) is 0 Å². The molecule has 0 aromatic carbocycles. The molecule has 3 rings (SSSR count). The van der Waals surface area contributed by atoms with Crippen molar-refractivity contribution in [3.05, 3.63) is 24.0 Å². The Bertz CT molecular complexity index is 308. The first-order chi connectivity index (χ1) is 7.34. The molecule has 1 N–H and O–H groups in total. The highest BCUT2D eigenvalue weighted by molar-refractivity contribution is 5.12. The fourth-order valence-electron chi connectivity index (χ4n) is 3.45. The van der Waals surface area contributed by atoms with E-state index in [1.165, 1.54) is 25.8 Å². The van der Waals surface area contributed by atoms with Crippen LogP contribution in [0.25, 0.3) is 0 Å². The Hall–Kier alpha value is -0.760. The Kier molecular flexibility index (Phi) is 2.32. The van der Waals surface area contributed by atoms with Crippen LogP contribution in [0.1, 0.15) is 25.7 Å². The molecular weight excluding hydrogens is 186 g/mol. The molecule has 3 aliphatic rings. The summed E-state index contributed by atoms with van der Waals surface area (Å²) in [5, 5.41) is 9.65. The molecule has 1 fully saturated rings. The van der Waals surface area contributed by atoms with Crippen molar-refractivity contribution in [3.63, 3.8) is 0 Å². The van der Waals surface area contributed by atoms with Gasteiger partial charge in [-0.3, -0.25) is 4.90 Å². The van der Waals surface area contributed by atoms with Crippen molar-refractivity contribution in [2.24, 2.45) is 11.8 Å². The highest BCUT2D eigenvalue weighted by Crippen LogP contribution is 2.39. The van der Waals surface area contributed by atoms with Gasteiger partial charge in [-0.15, -0.1) is 0 Å².